The summed E-state index contributed by atoms with van der Waals surface area (Å²) in [6.45, 7) is 2.02. The zero-order valence-electron chi connectivity index (χ0n) is 9.47. The molecule has 1 rings (SSSR count). The van der Waals surface area contributed by atoms with E-state index in [1.54, 1.807) is 12.1 Å². The Morgan fingerprint density at radius 2 is 1.88 bits per heavy atom. The minimum absolute atomic E-state index is 0.292. The van der Waals surface area contributed by atoms with Gasteiger partial charge in [0.15, 0.2) is 9.84 Å². The number of rotatable bonds is 4. The molecule has 0 aliphatic carbocycles. The predicted octanol–water partition coefficient (Wildman–Crippen LogP) is 1.88. The Balaban J connectivity index is 2.92. The molecule has 0 saturated heterocycles. The highest BCUT2D eigenvalue weighted by Crippen LogP contribution is 2.16. The Morgan fingerprint density at radius 1 is 1.31 bits per heavy atom. The first kappa shape index (κ1) is 12.7. The first-order chi connectivity index (χ1) is 7.43. The zero-order chi connectivity index (χ0) is 12.2. The molecule has 4 nitrogen and oxygen atoms in total. The number of amidine groups is 1. The molecule has 0 aliphatic rings. The van der Waals surface area contributed by atoms with Crippen molar-refractivity contribution in [1.29, 1.82) is 0 Å². The summed E-state index contributed by atoms with van der Waals surface area (Å²) in [6.07, 6.45) is 2.86. The minimum atomic E-state index is -3.14. The topological polar surface area (TPSA) is 72.5 Å². The molecule has 16 heavy (non-hydrogen) atoms. The van der Waals surface area contributed by atoms with Crippen LogP contribution in [0.25, 0.3) is 0 Å². The summed E-state index contributed by atoms with van der Waals surface area (Å²) in [5.74, 6) is 0.564. The average molecular weight is 240 g/mol. The Kier molecular flexibility index (Phi) is 4.06. The molecule has 0 bridgehead atoms. The van der Waals surface area contributed by atoms with Crippen LogP contribution in [-0.4, -0.2) is 20.5 Å². The van der Waals surface area contributed by atoms with E-state index in [-0.39, 0.29) is 0 Å². The van der Waals surface area contributed by atoms with Gasteiger partial charge < -0.3 is 5.73 Å². The maximum Gasteiger partial charge on any atom is 0.175 e. The van der Waals surface area contributed by atoms with Gasteiger partial charge in [0, 0.05) is 12.7 Å². The SMILES string of the molecule is CCCC(N)=Nc1ccc(S(C)(=O)=O)cc1. The molecule has 5 heteroatoms. The van der Waals surface area contributed by atoms with Crippen molar-refractivity contribution in [3.8, 4) is 0 Å². The van der Waals surface area contributed by atoms with Gasteiger partial charge in [0.25, 0.3) is 0 Å². The van der Waals surface area contributed by atoms with Crippen molar-refractivity contribution in [1.82, 2.24) is 0 Å². The van der Waals surface area contributed by atoms with Crippen LogP contribution >= 0.6 is 0 Å². The molecule has 0 heterocycles. The molecule has 1 aromatic carbocycles. The van der Waals surface area contributed by atoms with Gasteiger partial charge in [-0.1, -0.05) is 6.92 Å². The fraction of sp³-hybridized carbons (Fsp3) is 0.364. The normalized spacial score (nSPS) is 12.8. The third-order valence-corrected chi connectivity index (χ3v) is 3.17. The largest absolute Gasteiger partial charge is 0.387 e. The molecule has 0 fully saturated rings. The van der Waals surface area contributed by atoms with Crippen LogP contribution in [0, 0.1) is 0 Å². The summed E-state index contributed by atoms with van der Waals surface area (Å²) in [5.41, 5.74) is 6.35. The van der Waals surface area contributed by atoms with E-state index in [2.05, 4.69) is 4.99 Å². The lowest BCUT2D eigenvalue weighted by atomic mass is 10.3. The van der Waals surface area contributed by atoms with E-state index in [0.29, 0.717) is 16.4 Å². The smallest absolute Gasteiger partial charge is 0.175 e. The van der Waals surface area contributed by atoms with E-state index in [9.17, 15) is 8.42 Å². The van der Waals surface area contributed by atoms with Crippen LogP contribution in [0.4, 0.5) is 5.69 Å². The lowest BCUT2D eigenvalue weighted by molar-refractivity contribution is 0.602. The van der Waals surface area contributed by atoms with Crippen LogP contribution in [0.2, 0.25) is 0 Å². The van der Waals surface area contributed by atoms with Crippen molar-refractivity contribution in [3.63, 3.8) is 0 Å². The fourth-order valence-electron chi connectivity index (χ4n) is 1.25. The van der Waals surface area contributed by atoms with Gasteiger partial charge in [-0.15, -0.1) is 0 Å². The van der Waals surface area contributed by atoms with Gasteiger partial charge >= 0.3 is 0 Å². The minimum Gasteiger partial charge on any atom is -0.387 e. The average Bonchev–Trinajstić information content (AvgIpc) is 2.17. The third kappa shape index (κ3) is 3.66. The van der Waals surface area contributed by atoms with Gasteiger partial charge in [-0.3, -0.25) is 0 Å². The lowest BCUT2D eigenvalue weighted by Crippen LogP contribution is -2.09. The highest BCUT2D eigenvalue weighted by Gasteiger charge is 2.05. The van der Waals surface area contributed by atoms with E-state index in [1.807, 2.05) is 6.92 Å². The van der Waals surface area contributed by atoms with Crippen LogP contribution in [-0.2, 0) is 9.84 Å². The molecule has 88 valence electrons. The number of benzene rings is 1. The molecule has 0 radical (unpaired) electrons. The van der Waals surface area contributed by atoms with Gasteiger partial charge in [-0.25, -0.2) is 13.4 Å². The third-order valence-electron chi connectivity index (χ3n) is 2.04. The predicted molar refractivity (Wildman–Crippen MR) is 65.7 cm³/mol. The lowest BCUT2D eigenvalue weighted by Gasteiger charge is -2.00. The summed E-state index contributed by atoms with van der Waals surface area (Å²) in [6, 6.07) is 6.37. The standard InChI is InChI=1S/C11H16N2O2S/c1-3-4-11(12)13-9-5-7-10(8-6-9)16(2,14)15/h5-8H,3-4H2,1-2H3,(H2,12,13). The molecule has 0 atom stereocenters. The first-order valence-corrected chi connectivity index (χ1v) is 6.96. The molecular weight excluding hydrogens is 224 g/mol. The van der Waals surface area contributed by atoms with Crippen LogP contribution in [0.15, 0.2) is 34.2 Å². The highest BCUT2D eigenvalue weighted by atomic mass is 32.2. The molecule has 0 aromatic heterocycles. The van der Waals surface area contributed by atoms with E-state index < -0.39 is 9.84 Å². The van der Waals surface area contributed by atoms with E-state index >= 15 is 0 Å². The summed E-state index contributed by atoms with van der Waals surface area (Å²) < 4.78 is 22.4. The molecule has 0 aliphatic heterocycles. The zero-order valence-corrected chi connectivity index (χ0v) is 10.3. The van der Waals surface area contributed by atoms with Gasteiger partial charge in [0.1, 0.15) is 0 Å². The quantitative estimate of drug-likeness (QED) is 0.645. The van der Waals surface area contributed by atoms with Crippen LogP contribution < -0.4 is 5.73 Å². The van der Waals surface area contributed by atoms with Gasteiger partial charge in [-0.05, 0) is 30.7 Å². The molecular formula is C11H16N2O2S. The molecule has 2 N–H and O–H groups in total. The molecule has 0 unspecified atom stereocenters. The number of hydrogen-bond donors (Lipinski definition) is 1. The number of nitrogens with two attached hydrogens (primary N) is 1. The number of aliphatic imine (C=N–C) groups is 1. The number of hydrogen-bond acceptors (Lipinski definition) is 3. The van der Waals surface area contributed by atoms with Crippen molar-refractivity contribution in [3.05, 3.63) is 24.3 Å². The Hall–Kier alpha value is -1.36. The van der Waals surface area contributed by atoms with Crippen molar-refractivity contribution in [2.24, 2.45) is 10.7 Å². The fourth-order valence-corrected chi connectivity index (χ4v) is 1.88. The van der Waals surface area contributed by atoms with Gasteiger partial charge in [-0.2, -0.15) is 0 Å². The Morgan fingerprint density at radius 3 is 2.31 bits per heavy atom. The second-order valence-electron chi connectivity index (χ2n) is 3.62. The molecule has 0 saturated carbocycles. The van der Waals surface area contributed by atoms with E-state index in [1.165, 1.54) is 18.4 Å². The molecule has 1 aromatic rings. The summed E-state index contributed by atoms with van der Waals surface area (Å²) in [7, 11) is -3.14. The van der Waals surface area contributed by atoms with Crippen molar-refractivity contribution < 1.29 is 8.42 Å². The Labute approximate surface area is 96.1 Å². The Bertz CT molecular complexity index is 475. The second-order valence-corrected chi connectivity index (χ2v) is 5.63. The van der Waals surface area contributed by atoms with Crippen LogP contribution in [0.5, 0.6) is 0 Å². The monoisotopic (exact) mass is 240 g/mol. The van der Waals surface area contributed by atoms with E-state index in [0.717, 1.165) is 12.8 Å². The first-order valence-electron chi connectivity index (χ1n) is 5.06. The number of sulfone groups is 1. The molecule has 0 spiro atoms. The summed E-state index contributed by atoms with van der Waals surface area (Å²) >= 11 is 0. The van der Waals surface area contributed by atoms with E-state index in [4.69, 9.17) is 5.73 Å². The van der Waals surface area contributed by atoms with Crippen LogP contribution in [0.1, 0.15) is 19.8 Å². The maximum absolute atomic E-state index is 11.2. The summed E-state index contributed by atoms with van der Waals surface area (Å²) in [5, 5.41) is 0. The second kappa shape index (κ2) is 5.12. The van der Waals surface area contributed by atoms with Gasteiger partial charge in [0.2, 0.25) is 0 Å². The highest BCUT2D eigenvalue weighted by molar-refractivity contribution is 7.90. The summed E-state index contributed by atoms with van der Waals surface area (Å²) in [4.78, 5) is 4.46. The van der Waals surface area contributed by atoms with Crippen molar-refractivity contribution in [2.75, 3.05) is 6.26 Å². The van der Waals surface area contributed by atoms with Gasteiger partial charge in [0.05, 0.1) is 16.4 Å². The van der Waals surface area contributed by atoms with Crippen molar-refractivity contribution in [2.45, 2.75) is 24.7 Å². The van der Waals surface area contributed by atoms with Crippen molar-refractivity contribution >= 4 is 21.4 Å². The van der Waals surface area contributed by atoms with Crippen LogP contribution in [0.3, 0.4) is 0 Å². The number of nitrogens with zero attached hydrogens (tertiary/aromatic N) is 1. The maximum atomic E-state index is 11.2. The molecule has 0 amide bonds.